The molecule has 2 amide bonds. The van der Waals surface area contributed by atoms with E-state index in [1.807, 2.05) is 58.0 Å². The minimum absolute atomic E-state index is 0.0117. The van der Waals surface area contributed by atoms with Crippen molar-refractivity contribution in [3.63, 3.8) is 0 Å². The Morgan fingerprint density at radius 2 is 1.47 bits per heavy atom. The fourth-order valence-electron chi connectivity index (χ4n) is 5.04. The first-order chi connectivity index (χ1) is 22.0. The average molecular weight is 715 g/mol. The van der Waals surface area contributed by atoms with E-state index in [0.29, 0.717) is 21.2 Å². The molecular formula is C36H38Cl3N3O4S. The van der Waals surface area contributed by atoms with Crippen molar-refractivity contribution >= 4 is 62.3 Å². The first kappa shape index (κ1) is 36.3. The van der Waals surface area contributed by atoms with Crippen LogP contribution in [0.5, 0.6) is 0 Å². The van der Waals surface area contributed by atoms with Gasteiger partial charge in [-0.25, -0.2) is 8.42 Å². The summed E-state index contributed by atoms with van der Waals surface area (Å²) in [5, 5.41) is 3.95. The fourth-order valence-corrected chi connectivity index (χ4v) is 7.00. The molecule has 0 bridgehead atoms. The molecule has 7 nitrogen and oxygen atoms in total. The van der Waals surface area contributed by atoms with E-state index < -0.39 is 34.1 Å². The molecule has 0 fully saturated rings. The molecule has 0 aliphatic heterocycles. The van der Waals surface area contributed by atoms with Gasteiger partial charge in [-0.05, 0) is 87.7 Å². The van der Waals surface area contributed by atoms with E-state index in [2.05, 4.69) is 5.32 Å². The quantitative estimate of drug-likeness (QED) is 0.171. The molecule has 0 aromatic heterocycles. The Bertz CT molecular complexity index is 1840. The molecule has 4 rings (SSSR count). The Morgan fingerprint density at radius 1 is 0.809 bits per heavy atom. The van der Waals surface area contributed by atoms with Crippen molar-refractivity contribution in [3.8, 4) is 0 Å². The van der Waals surface area contributed by atoms with Crippen LogP contribution < -0.4 is 9.62 Å². The van der Waals surface area contributed by atoms with E-state index in [9.17, 15) is 18.0 Å². The van der Waals surface area contributed by atoms with Crippen molar-refractivity contribution in [1.29, 1.82) is 0 Å². The number of rotatable bonds is 11. The zero-order valence-electron chi connectivity index (χ0n) is 26.9. The number of carbonyl (C=O) groups excluding carboxylic acids is 2. The number of hydrogen-bond donors (Lipinski definition) is 1. The molecule has 4 aromatic carbocycles. The third kappa shape index (κ3) is 9.51. The van der Waals surface area contributed by atoms with E-state index in [1.165, 1.54) is 23.1 Å². The second kappa shape index (κ2) is 15.1. The topological polar surface area (TPSA) is 86.8 Å². The number of hydrogen-bond acceptors (Lipinski definition) is 4. The maximum absolute atomic E-state index is 14.7. The number of nitrogens with one attached hydrogen (secondary N) is 1. The van der Waals surface area contributed by atoms with Crippen LogP contribution >= 0.6 is 34.8 Å². The van der Waals surface area contributed by atoms with Crippen LogP contribution in [-0.2, 0) is 32.6 Å². The Hall–Kier alpha value is -3.56. The van der Waals surface area contributed by atoms with Crippen LogP contribution in [0.3, 0.4) is 0 Å². The summed E-state index contributed by atoms with van der Waals surface area (Å²) in [6.07, 6.45) is 0.177. The summed E-state index contributed by atoms with van der Waals surface area (Å²) < 4.78 is 29.6. The van der Waals surface area contributed by atoms with Crippen LogP contribution in [0.15, 0.2) is 95.9 Å². The Kier molecular flexibility index (Phi) is 11.7. The highest BCUT2D eigenvalue weighted by molar-refractivity contribution is 7.92. The number of amides is 2. The molecule has 0 aliphatic rings. The molecule has 1 N–H and O–H groups in total. The maximum atomic E-state index is 14.7. The zero-order valence-corrected chi connectivity index (χ0v) is 30.0. The number of aryl methyl sites for hydroxylation is 2. The zero-order chi connectivity index (χ0) is 34.5. The SMILES string of the molecule is Cc1ccc(S(=O)(=O)N(CC(=O)N(Cc2ccc(Cl)c(Cl)c2)[C@H](Cc2ccccc2)C(=O)NC(C)(C)C)c2cc(Cl)ccc2C)cc1. The lowest BCUT2D eigenvalue weighted by Gasteiger charge is -2.35. The smallest absolute Gasteiger partial charge is 0.264 e. The maximum Gasteiger partial charge on any atom is 0.264 e. The number of carbonyl (C=O) groups is 2. The highest BCUT2D eigenvalue weighted by atomic mass is 35.5. The van der Waals surface area contributed by atoms with Gasteiger partial charge in [0, 0.05) is 23.5 Å². The average Bonchev–Trinajstić information content (AvgIpc) is 3.00. The molecule has 0 heterocycles. The highest BCUT2D eigenvalue weighted by Crippen LogP contribution is 2.31. The van der Waals surface area contributed by atoms with Gasteiger partial charge in [-0.1, -0.05) is 95.0 Å². The highest BCUT2D eigenvalue weighted by Gasteiger charge is 2.36. The Morgan fingerprint density at radius 3 is 2.09 bits per heavy atom. The minimum Gasteiger partial charge on any atom is -0.350 e. The second-order valence-electron chi connectivity index (χ2n) is 12.5. The summed E-state index contributed by atoms with van der Waals surface area (Å²) in [4.78, 5) is 30.1. The largest absolute Gasteiger partial charge is 0.350 e. The predicted octanol–water partition coefficient (Wildman–Crippen LogP) is 8.01. The summed E-state index contributed by atoms with van der Waals surface area (Å²) >= 11 is 18.9. The summed E-state index contributed by atoms with van der Waals surface area (Å²) in [7, 11) is -4.27. The van der Waals surface area contributed by atoms with E-state index >= 15 is 0 Å². The number of benzene rings is 4. The van der Waals surface area contributed by atoms with Crippen LogP contribution in [0.25, 0.3) is 0 Å². The molecule has 0 aliphatic carbocycles. The normalized spacial score (nSPS) is 12.3. The molecule has 0 radical (unpaired) electrons. The van der Waals surface area contributed by atoms with Crippen molar-refractivity contribution in [2.75, 3.05) is 10.8 Å². The van der Waals surface area contributed by atoms with Gasteiger partial charge in [0.25, 0.3) is 10.0 Å². The van der Waals surface area contributed by atoms with Gasteiger partial charge in [-0.2, -0.15) is 0 Å². The van der Waals surface area contributed by atoms with Gasteiger partial charge >= 0.3 is 0 Å². The third-order valence-corrected chi connectivity index (χ3v) is 10.2. The van der Waals surface area contributed by atoms with Gasteiger partial charge in [0.1, 0.15) is 12.6 Å². The van der Waals surface area contributed by atoms with Gasteiger partial charge in [0.05, 0.1) is 20.6 Å². The van der Waals surface area contributed by atoms with Crippen molar-refractivity contribution < 1.29 is 18.0 Å². The van der Waals surface area contributed by atoms with E-state index in [4.69, 9.17) is 34.8 Å². The molecule has 47 heavy (non-hydrogen) atoms. The minimum atomic E-state index is -4.27. The van der Waals surface area contributed by atoms with E-state index in [0.717, 1.165) is 15.4 Å². The van der Waals surface area contributed by atoms with E-state index in [-0.39, 0.29) is 34.5 Å². The summed E-state index contributed by atoms with van der Waals surface area (Å²) in [6.45, 7) is 8.52. The molecule has 0 saturated heterocycles. The van der Waals surface area contributed by atoms with Gasteiger partial charge in [-0.15, -0.1) is 0 Å². The van der Waals surface area contributed by atoms with Gasteiger partial charge in [0.2, 0.25) is 11.8 Å². The standard InChI is InChI=1S/C36H38Cl3N3O4S/c1-24-11-16-29(17-12-24)47(45,46)42(32-21-28(37)15-13-25(32)2)23-34(43)41(22-27-14-18-30(38)31(39)19-27)33(35(44)40-36(3,4)5)20-26-9-7-6-8-10-26/h6-19,21,33H,20,22-23H2,1-5H3,(H,40,44)/t33-/m1/s1. The molecular weight excluding hydrogens is 677 g/mol. The lowest BCUT2D eigenvalue weighted by atomic mass is 10.0. The summed E-state index contributed by atoms with van der Waals surface area (Å²) in [5.74, 6) is -0.988. The Labute approximate surface area is 292 Å². The summed E-state index contributed by atoms with van der Waals surface area (Å²) in [6, 6.07) is 24.6. The van der Waals surface area contributed by atoms with Crippen LogP contribution in [0, 0.1) is 13.8 Å². The number of anilines is 1. The number of halogens is 3. The van der Waals surface area contributed by atoms with Crippen LogP contribution in [0.1, 0.15) is 43.0 Å². The van der Waals surface area contributed by atoms with Crippen LogP contribution in [0.4, 0.5) is 5.69 Å². The van der Waals surface area contributed by atoms with Gasteiger partial charge < -0.3 is 10.2 Å². The van der Waals surface area contributed by atoms with Gasteiger partial charge in [-0.3, -0.25) is 13.9 Å². The van der Waals surface area contributed by atoms with Crippen LogP contribution in [0.2, 0.25) is 15.1 Å². The molecule has 4 aromatic rings. The van der Waals surface area contributed by atoms with E-state index in [1.54, 1.807) is 49.4 Å². The first-order valence-corrected chi connectivity index (χ1v) is 17.6. The first-order valence-electron chi connectivity index (χ1n) is 15.0. The lowest BCUT2D eigenvalue weighted by molar-refractivity contribution is -0.140. The lowest BCUT2D eigenvalue weighted by Crippen LogP contribution is -2.56. The monoisotopic (exact) mass is 713 g/mol. The van der Waals surface area contributed by atoms with Crippen molar-refractivity contribution in [2.24, 2.45) is 0 Å². The molecule has 11 heteroatoms. The molecule has 0 saturated carbocycles. The predicted molar refractivity (Wildman–Crippen MR) is 191 cm³/mol. The van der Waals surface area contributed by atoms with Crippen LogP contribution in [-0.4, -0.2) is 43.3 Å². The third-order valence-electron chi connectivity index (χ3n) is 7.43. The second-order valence-corrected chi connectivity index (χ2v) is 15.6. The fraction of sp³-hybridized carbons (Fsp3) is 0.278. The molecule has 248 valence electrons. The molecule has 0 unspecified atom stereocenters. The Balaban J connectivity index is 1.86. The van der Waals surface area contributed by atoms with Crippen molar-refractivity contribution in [3.05, 3.63) is 128 Å². The van der Waals surface area contributed by atoms with Crippen molar-refractivity contribution in [2.45, 2.75) is 64.1 Å². The molecule has 1 atom stereocenters. The number of sulfonamides is 1. The number of nitrogens with zero attached hydrogens (tertiary/aromatic N) is 2. The van der Waals surface area contributed by atoms with Crippen molar-refractivity contribution in [1.82, 2.24) is 10.2 Å². The molecule has 0 spiro atoms. The van der Waals surface area contributed by atoms with Gasteiger partial charge in [0.15, 0.2) is 0 Å². The summed E-state index contributed by atoms with van der Waals surface area (Å²) in [5.41, 5.74) is 2.56.